The summed E-state index contributed by atoms with van der Waals surface area (Å²) in [5.74, 6) is 0.237. The van der Waals surface area contributed by atoms with E-state index in [0.717, 1.165) is 37.1 Å². The summed E-state index contributed by atoms with van der Waals surface area (Å²) in [4.78, 5) is 17.1. The van der Waals surface area contributed by atoms with Gasteiger partial charge in [0.05, 0.1) is 10.5 Å². The van der Waals surface area contributed by atoms with Crippen molar-refractivity contribution in [3.63, 3.8) is 0 Å². The van der Waals surface area contributed by atoms with Crippen LogP contribution in [0.15, 0.2) is 18.2 Å². The Bertz CT molecular complexity index is 782. The standard InChI is InChI=1S/C22H35N3O3S/c1-18-7-5-10-20(25-18)11-6-16-29(27,28)22(12-14-23-15-13-22)17-24-21(26)19-8-3-2-4-9-19/h5,7,10,19,23H,2-4,6,8-9,11-17H2,1H3,(H,24,26). The maximum atomic E-state index is 13.4. The Morgan fingerprint density at radius 3 is 2.62 bits per heavy atom. The molecule has 0 aromatic carbocycles. The summed E-state index contributed by atoms with van der Waals surface area (Å²) in [7, 11) is -3.33. The van der Waals surface area contributed by atoms with E-state index in [1.165, 1.54) is 6.42 Å². The Morgan fingerprint density at radius 1 is 1.21 bits per heavy atom. The first kappa shape index (κ1) is 22.2. The summed E-state index contributed by atoms with van der Waals surface area (Å²) in [6, 6.07) is 5.85. The molecule has 0 radical (unpaired) electrons. The molecule has 0 spiro atoms. The van der Waals surface area contributed by atoms with Crippen molar-refractivity contribution in [2.75, 3.05) is 25.4 Å². The summed E-state index contributed by atoms with van der Waals surface area (Å²) in [5, 5.41) is 6.29. The number of nitrogens with one attached hydrogen (secondary N) is 2. The van der Waals surface area contributed by atoms with Gasteiger partial charge in [0.15, 0.2) is 9.84 Å². The van der Waals surface area contributed by atoms with Crippen molar-refractivity contribution in [3.8, 4) is 0 Å². The Balaban J connectivity index is 1.61. The summed E-state index contributed by atoms with van der Waals surface area (Å²) < 4.78 is 25.9. The molecule has 1 aliphatic carbocycles. The van der Waals surface area contributed by atoms with Crippen molar-refractivity contribution in [1.82, 2.24) is 15.6 Å². The molecular weight excluding hydrogens is 386 g/mol. The minimum atomic E-state index is -3.33. The molecule has 1 amide bonds. The molecule has 2 N–H and O–H groups in total. The summed E-state index contributed by atoms with van der Waals surface area (Å²) >= 11 is 0. The molecule has 0 atom stereocenters. The summed E-state index contributed by atoms with van der Waals surface area (Å²) in [6.07, 6.45) is 7.58. The van der Waals surface area contributed by atoms with E-state index < -0.39 is 14.6 Å². The van der Waals surface area contributed by atoms with Gasteiger partial charge in [-0.25, -0.2) is 8.42 Å². The lowest BCUT2D eigenvalue weighted by Gasteiger charge is -2.37. The number of carbonyl (C=O) groups excluding carboxylic acids is 1. The second kappa shape index (κ2) is 10.0. The van der Waals surface area contributed by atoms with E-state index >= 15 is 0 Å². The lowest BCUT2D eigenvalue weighted by Crippen LogP contribution is -2.55. The van der Waals surface area contributed by atoms with Crippen molar-refractivity contribution in [2.45, 2.75) is 69.5 Å². The van der Waals surface area contributed by atoms with Crippen LogP contribution in [0.3, 0.4) is 0 Å². The smallest absolute Gasteiger partial charge is 0.223 e. The molecule has 6 nitrogen and oxygen atoms in total. The number of hydrogen-bond donors (Lipinski definition) is 2. The van der Waals surface area contributed by atoms with E-state index in [1.54, 1.807) is 0 Å². The maximum Gasteiger partial charge on any atom is 0.223 e. The van der Waals surface area contributed by atoms with Gasteiger partial charge in [0, 0.05) is 23.9 Å². The average molecular weight is 422 g/mol. The second-order valence-corrected chi connectivity index (χ2v) is 11.2. The second-order valence-electron chi connectivity index (χ2n) is 8.68. The number of aromatic nitrogens is 1. The lowest BCUT2D eigenvalue weighted by molar-refractivity contribution is -0.126. The van der Waals surface area contributed by atoms with E-state index in [2.05, 4.69) is 15.6 Å². The van der Waals surface area contributed by atoms with Gasteiger partial charge in [0.2, 0.25) is 5.91 Å². The van der Waals surface area contributed by atoms with Crippen LogP contribution in [0.25, 0.3) is 0 Å². The van der Waals surface area contributed by atoms with Gasteiger partial charge >= 0.3 is 0 Å². The van der Waals surface area contributed by atoms with Crippen molar-refractivity contribution in [1.29, 1.82) is 0 Å². The number of hydrogen-bond acceptors (Lipinski definition) is 5. The first-order valence-electron chi connectivity index (χ1n) is 11.1. The molecule has 1 saturated heterocycles. The Labute approximate surface area is 175 Å². The number of carbonyl (C=O) groups is 1. The van der Waals surface area contributed by atoms with Crippen LogP contribution in [0, 0.1) is 12.8 Å². The Morgan fingerprint density at radius 2 is 1.93 bits per heavy atom. The largest absolute Gasteiger partial charge is 0.354 e. The van der Waals surface area contributed by atoms with Crippen molar-refractivity contribution in [2.24, 2.45) is 5.92 Å². The number of rotatable bonds is 8. The molecule has 1 aromatic heterocycles. The Kier molecular flexibility index (Phi) is 7.68. The average Bonchev–Trinajstić information content (AvgIpc) is 2.73. The zero-order chi connectivity index (χ0) is 20.7. The topological polar surface area (TPSA) is 88.2 Å². The van der Waals surface area contributed by atoms with Crippen LogP contribution in [0.5, 0.6) is 0 Å². The third-order valence-corrected chi connectivity index (χ3v) is 9.23. The van der Waals surface area contributed by atoms with Gasteiger partial charge in [-0.15, -0.1) is 0 Å². The van der Waals surface area contributed by atoms with Crippen LogP contribution < -0.4 is 10.6 Å². The number of nitrogens with zero attached hydrogens (tertiary/aromatic N) is 1. The molecule has 1 aromatic rings. The first-order valence-corrected chi connectivity index (χ1v) is 12.7. The van der Waals surface area contributed by atoms with Crippen LogP contribution >= 0.6 is 0 Å². The maximum absolute atomic E-state index is 13.4. The molecule has 2 fully saturated rings. The van der Waals surface area contributed by atoms with Gasteiger partial charge < -0.3 is 10.6 Å². The Hall–Kier alpha value is -1.47. The molecule has 7 heteroatoms. The molecule has 0 bridgehead atoms. The number of sulfone groups is 1. The number of aryl methyl sites for hydroxylation is 2. The molecule has 0 unspecified atom stereocenters. The van der Waals surface area contributed by atoms with E-state index in [4.69, 9.17) is 0 Å². The van der Waals surface area contributed by atoms with Gasteiger partial charge in [-0.3, -0.25) is 9.78 Å². The SMILES string of the molecule is Cc1cccc(CCCS(=O)(=O)C2(CNC(=O)C3CCCCC3)CCNCC2)n1. The fourth-order valence-corrected chi connectivity index (χ4v) is 6.71. The predicted octanol–water partition coefficient (Wildman–Crippen LogP) is 2.56. The fourth-order valence-electron chi connectivity index (χ4n) is 4.64. The number of amides is 1. The van der Waals surface area contributed by atoms with Gasteiger partial charge in [-0.05, 0) is 70.7 Å². The number of piperidine rings is 1. The molecule has 29 heavy (non-hydrogen) atoms. The molecule has 2 aliphatic rings. The van der Waals surface area contributed by atoms with Crippen LogP contribution in [0.1, 0.15) is 62.8 Å². The van der Waals surface area contributed by atoms with Crippen LogP contribution in [-0.2, 0) is 21.1 Å². The van der Waals surface area contributed by atoms with Crippen molar-refractivity contribution in [3.05, 3.63) is 29.6 Å². The van der Waals surface area contributed by atoms with Crippen LogP contribution in [-0.4, -0.2) is 49.4 Å². The van der Waals surface area contributed by atoms with Crippen molar-refractivity contribution >= 4 is 15.7 Å². The first-order chi connectivity index (χ1) is 13.9. The summed E-state index contributed by atoms with van der Waals surface area (Å²) in [5.41, 5.74) is 1.88. The highest BCUT2D eigenvalue weighted by molar-refractivity contribution is 7.92. The van der Waals surface area contributed by atoms with E-state index in [0.29, 0.717) is 38.8 Å². The normalized spacial score (nSPS) is 20.3. The van der Waals surface area contributed by atoms with Gasteiger partial charge in [-0.1, -0.05) is 25.3 Å². The van der Waals surface area contributed by atoms with E-state index in [-0.39, 0.29) is 24.1 Å². The van der Waals surface area contributed by atoms with Gasteiger partial charge in [-0.2, -0.15) is 0 Å². The lowest BCUT2D eigenvalue weighted by atomic mass is 9.88. The molecular formula is C22H35N3O3S. The van der Waals surface area contributed by atoms with Crippen LogP contribution in [0.4, 0.5) is 0 Å². The third kappa shape index (κ3) is 5.79. The molecule has 1 aliphatic heterocycles. The van der Waals surface area contributed by atoms with Crippen molar-refractivity contribution < 1.29 is 13.2 Å². The highest BCUT2D eigenvalue weighted by atomic mass is 32.2. The predicted molar refractivity (Wildman–Crippen MR) is 116 cm³/mol. The minimum absolute atomic E-state index is 0.0433. The van der Waals surface area contributed by atoms with E-state index in [9.17, 15) is 13.2 Å². The minimum Gasteiger partial charge on any atom is -0.354 e. The summed E-state index contributed by atoms with van der Waals surface area (Å²) in [6.45, 7) is 3.55. The molecule has 3 rings (SSSR count). The highest BCUT2D eigenvalue weighted by Crippen LogP contribution is 2.30. The van der Waals surface area contributed by atoms with Crippen LogP contribution in [0.2, 0.25) is 0 Å². The van der Waals surface area contributed by atoms with Gasteiger partial charge in [0.25, 0.3) is 0 Å². The molecule has 2 heterocycles. The van der Waals surface area contributed by atoms with E-state index in [1.807, 2.05) is 25.1 Å². The monoisotopic (exact) mass is 421 g/mol. The molecule has 1 saturated carbocycles. The third-order valence-electron chi connectivity index (χ3n) is 6.53. The zero-order valence-electron chi connectivity index (χ0n) is 17.6. The molecule has 162 valence electrons. The highest BCUT2D eigenvalue weighted by Gasteiger charge is 2.44. The zero-order valence-corrected chi connectivity index (χ0v) is 18.4. The van der Waals surface area contributed by atoms with Gasteiger partial charge in [0.1, 0.15) is 0 Å². The number of pyridine rings is 1. The quantitative estimate of drug-likeness (QED) is 0.673. The fraction of sp³-hybridized carbons (Fsp3) is 0.727.